The second-order valence-corrected chi connectivity index (χ2v) is 9.09. The van der Waals surface area contributed by atoms with Crippen molar-refractivity contribution >= 4 is 11.0 Å². The molecule has 0 unspecified atom stereocenters. The molecule has 1 aromatic carbocycles. The Morgan fingerprint density at radius 1 is 1.03 bits per heavy atom. The molecule has 1 aliphatic carbocycles. The molecule has 30 heavy (non-hydrogen) atoms. The van der Waals surface area contributed by atoms with E-state index in [0.29, 0.717) is 11.6 Å². The van der Waals surface area contributed by atoms with E-state index >= 15 is 0 Å². The molecule has 0 bridgehead atoms. The van der Waals surface area contributed by atoms with Crippen molar-refractivity contribution in [1.29, 1.82) is 0 Å². The number of pyridine rings is 1. The fraction of sp³-hybridized carbons (Fsp3) is 0.458. The summed E-state index contributed by atoms with van der Waals surface area (Å²) < 4.78 is 2.09. The second kappa shape index (κ2) is 6.64. The number of aromatic nitrogens is 3. The minimum atomic E-state index is -0.408. The molecule has 0 atom stereocenters. The highest BCUT2D eigenvalue weighted by Crippen LogP contribution is 2.51. The summed E-state index contributed by atoms with van der Waals surface area (Å²) in [5.41, 5.74) is 3.40. The van der Waals surface area contributed by atoms with Gasteiger partial charge in [-0.3, -0.25) is 14.2 Å². The first-order chi connectivity index (χ1) is 14.7. The van der Waals surface area contributed by atoms with E-state index in [9.17, 15) is 9.59 Å². The fourth-order valence-electron chi connectivity index (χ4n) is 6.03. The van der Waals surface area contributed by atoms with Gasteiger partial charge in [-0.2, -0.15) is 4.98 Å². The maximum absolute atomic E-state index is 12.9. The Morgan fingerprint density at radius 2 is 1.83 bits per heavy atom. The Balaban J connectivity index is 1.66. The molecule has 6 nitrogen and oxygen atoms in total. The fourth-order valence-corrected chi connectivity index (χ4v) is 6.03. The summed E-state index contributed by atoms with van der Waals surface area (Å²) in [6.45, 7) is 2.10. The molecule has 6 heteroatoms. The molecule has 1 saturated carbocycles. The average molecular weight is 402 g/mol. The van der Waals surface area contributed by atoms with Crippen molar-refractivity contribution in [3.63, 3.8) is 0 Å². The highest BCUT2D eigenvalue weighted by molar-refractivity contribution is 5.78. The second-order valence-electron chi connectivity index (χ2n) is 9.09. The lowest BCUT2D eigenvalue weighted by molar-refractivity contribution is 0.338. The van der Waals surface area contributed by atoms with Gasteiger partial charge < -0.3 is 10.3 Å². The van der Waals surface area contributed by atoms with Crippen molar-refractivity contribution < 1.29 is 0 Å². The van der Waals surface area contributed by atoms with E-state index in [0.717, 1.165) is 63.1 Å². The minimum Gasteiger partial charge on any atom is -0.347 e. The zero-order chi connectivity index (χ0) is 20.3. The number of nitrogens with one attached hydrogen (secondary N) is 2. The van der Waals surface area contributed by atoms with Gasteiger partial charge in [0, 0.05) is 12.3 Å². The van der Waals surface area contributed by atoms with Crippen molar-refractivity contribution in [2.75, 3.05) is 13.1 Å². The van der Waals surface area contributed by atoms with Gasteiger partial charge in [0.05, 0.1) is 11.1 Å². The van der Waals surface area contributed by atoms with Crippen LogP contribution in [-0.4, -0.2) is 27.6 Å². The number of hydrogen-bond acceptors (Lipinski definition) is 4. The third-order valence-electron chi connectivity index (χ3n) is 7.52. The molecule has 0 amide bonds. The van der Waals surface area contributed by atoms with Crippen LogP contribution >= 0.6 is 0 Å². The molecule has 4 heterocycles. The van der Waals surface area contributed by atoms with Crippen LogP contribution in [0.5, 0.6) is 0 Å². The molecule has 6 rings (SSSR count). The highest BCUT2D eigenvalue weighted by atomic mass is 16.1. The number of hydrogen-bond donors (Lipinski definition) is 2. The van der Waals surface area contributed by atoms with E-state index in [4.69, 9.17) is 0 Å². The van der Waals surface area contributed by atoms with Crippen molar-refractivity contribution in [2.45, 2.75) is 56.3 Å². The van der Waals surface area contributed by atoms with E-state index < -0.39 is 5.56 Å². The Morgan fingerprint density at radius 3 is 2.63 bits per heavy atom. The van der Waals surface area contributed by atoms with Gasteiger partial charge in [0.1, 0.15) is 16.9 Å². The van der Waals surface area contributed by atoms with Gasteiger partial charge in [-0.15, -0.1) is 0 Å². The summed E-state index contributed by atoms with van der Waals surface area (Å²) in [5.74, 6) is 1.36. The number of rotatable bonds is 1. The third kappa shape index (κ3) is 2.43. The van der Waals surface area contributed by atoms with Crippen molar-refractivity contribution in [3.05, 3.63) is 68.0 Å². The first-order valence-corrected chi connectivity index (χ1v) is 11.2. The lowest BCUT2D eigenvalue weighted by atomic mass is 9.69. The Bertz CT molecular complexity index is 1260. The zero-order valence-electron chi connectivity index (χ0n) is 17.0. The van der Waals surface area contributed by atoms with Crippen molar-refractivity contribution in [2.24, 2.45) is 0 Å². The standard InChI is InChI=1S/C24H26N4O2/c29-19-8-13-26-21-20(19)22(30)27-23-24(9-2-1-3-10-24)17-5-4-16(14-18(17)28(21)23)15-6-11-25-12-7-15/h4-5,8,13-15,25H,1-3,6-7,9-12H2,(H,26,29). The SMILES string of the molecule is O=c1cc[nH]c2c1c(=O)nc1n2-c2cc(C3CCNCC3)ccc2C12CCCCC2. The molecule has 3 aliphatic rings. The van der Waals surface area contributed by atoms with Crippen LogP contribution in [0.2, 0.25) is 0 Å². The molecule has 2 fully saturated rings. The maximum atomic E-state index is 12.9. The molecular weight excluding hydrogens is 376 g/mol. The minimum absolute atomic E-state index is 0.160. The lowest BCUT2D eigenvalue weighted by Crippen LogP contribution is -2.33. The molecule has 154 valence electrons. The van der Waals surface area contributed by atoms with Gasteiger partial charge in [0.2, 0.25) is 0 Å². The molecule has 3 aromatic rings. The van der Waals surface area contributed by atoms with E-state index in [1.54, 1.807) is 6.20 Å². The van der Waals surface area contributed by atoms with Gasteiger partial charge in [-0.05, 0) is 61.9 Å². The smallest absolute Gasteiger partial charge is 0.286 e. The van der Waals surface area contributed by atoms with Crippen LogP contribution in [0.25, 0.3) is 16.7 Å². The highest BCUT2D eigenvalue weighted by Gasteiger charge is 2.46. The third-order valence-corrected chi connectivity index (χ3v) is 7.52. The Labute approximate surface area is 174 Å². The van der Waals surface area contributed by atoms with Crippen LogP contribution in [0.3, 0.4) is 0 Å². The first kappa shape index (κ1) is 18.1. The topological polar surface area (TPSA) is 79.8 Å². The zero-order valence-corrected chi connectivity index (χ0v) is 17.0. The van der Waals surface area contributed by atoms with Crippen LogP contribution in [0.1, 0.15) is 67.8 Å². The van der Waals surface area contributed by atoms with Gasteiger partial charge >= 0.3 is 0 Å². The molecule has 2 aliphatic heterocycles. The van der Waals surface area contributed by atoms with Crippen molar-refractivity contribution in [3.8, 4) is 5.69 Å². The number of H-pyrrole nitrogens is 1. The summed E-state index contributed by atoms with van der Waals surface area (Å²) in [4.78, 5) is 33.2. The van der Waals surface area contributed by atoms with Gasteiger partial charge in [0.25, 0.3) is 5.56 Å². The average Bonchev–Trinajstić information content (AvgIpc) is 3.04. The number of benzene rings is 1. The number of piperidine rings is 1. The Kier molecular flexibility index (Phi) is 4.00. The molecular formula is C24H26N4O2. The first-order valence-electron chi connectivity index (χ1n) is 11.2. The van der Waals surface area contributed by atoms with Gasteiger partial charge in [0.15, 0.2) is 5.43 Å². The molecule has 1 spiro atoms. The summed E-state index contributed by atoms with van der Waals surface area (Å²) in [6.07, 6.45) is 9.40. The van der Waals surface area contributed by atoms with E-state index in [1.165, 1.54) is 23.6 Å². The summed E-state index contributed by atoms with van der Waals surface area (Å²) in [6, 6.07) is 8.29. The summed E-state index contributed by atoms with van der Waals surface area (Å²) >= 11 is 0. The number of nitrogens with zero attached hydrogens (tertiary/aromatic N) is 2. The number of fused-ring (bicyclic) bond motifs is 7. The Hall–Kier alpha value is -2.73. The van der Waals surface area contributed by atoms with Crippen LogP contribution in [-0.2, 0) is 5.41 Å². The predicted octanol–water partition coefficient (Wildman–Crippen LogP) is 3.10. The lowest BCUT2D eigenvalue weighted by Gasteiger charge is -2.33. The van der Waals surface area contributed by atoms with Gasteiger partial charge in [-0.1, -0.05) is 31.4 Å². The monoisotopic (exact) mass is 402 g/mol. The predicted molar refractivity (Wildman–Crippen MR) is 117 cm³/mol. The van der Waals surface area contributed by atoms with Crippen LogP contribution in [0.15, 0.2) is 40.1 Å². The van der Waals surface area contributed by atoms with Crippen LogP contribution < -0.4 is 16.3 Å². The molecule has 0 radical (unpaired) electrons. The summed E-state index contributed by atoms with van der Waals surface area (Å²) in [5, 5.41) is 3.61. The van der Waals surface area contributed by atoms with E-state index in [2.05, 4.69) is 38.1 Å². The molecule has 2 aromatic heterocycles. The molecule has 1 saturated heterocycles. The number of aromatic amines is 1. The van der Waals surface area contributed by atoms with Crippen LogP contribution in [0.4, 0.5) is 0 Å². The quantitative estimate of drug-likeness (QED) is 0.656. The van der Waals surface area contributed by atoms with E-state index in [-0.39, 0.29) is 16.2 Å². The van der Waals surface area contributed by atoms with Gasteiger partial charge in [-0.25, -0.2) is 0 Å². The maximum Gasteiger partial charge on any atom is 0.286 e. The normalized spacial score (nSPS) is 20.4. The largest absolute Gasteiger partial charge is 0.347 e. The van der Waals surface area contributed by atoms with E-state index in [1.807, 2.05) is 0 Å². The van der Waals surface area contributed by atoms with Crippen molar-refractivity contribution in [1.82, 2.24) is 19.9 Å². The van der Waals surface area contributed by atoms with Crippen LogP contribution in [0, 0.1) is 0 Å². The summed E-state index contributed by atoms with van der Waals surface area (Å²) in [7, 11) is 0. The molecule has 2 N–H and O–H groups in total.